The number of amides is 1. The highest BCUT2D eigenvalue weighted by molar-refractivity contribution is 9.11. The lowest BCUT2D eigenvalue weighted by Gasteiger charge is -2.34. The lowest BCUT2D eigenvalue weighted by Crippen LogP contribution is -2.50. The van der Waals surface area contributed by atoms with Gasteiger partial charge in [0.2, 0.25) is 0 Å². The topological polar surface area (TPSA) is 66.3 Å². The van der Waals surface area contributed by atoms with Crippen LogP contribution in [0.1, 0.15) is 18.7 Å². The number of carbonyl (C=O) groups excluding carboxylic acids is 1. The van der Waals surface area contributed by atoms with Gasteiger partial charge in [0.1, 0.15) is 11.4 Å². The summed E-state index contributed by atoms with van der Waals surface area (Å²) in [6.07, 6.45) is -0.470. The Morgan fingerprint density at radius 3 is 2.64 bits per heavy atom. The van der Waals surface area contributed by atoms with Crippen LogP contribution in [0.3, 0.4) is 0 Å². The van der Waals surface area contributed by atoms with Crippen LogP contribution in [0.25, 0.3) is 5.70 Å². The SMILES string of the molecule is CCSC1=NN2C(=c3ccccc3=N[C@H]2c2cc(Br)c(OC)c(Br)c2)C(=O)N1. The van der Waals surface area contributed by atoms with Gasteiger partial charge in [-0.15, -0.1) is 5.10 Å². The van der Waals surface area contributed by atoms with Crippen LogP contribution in [0.15, 0.2) is 55.4 Å². The van der Waals surface area contributed by atoms with E-state index in [0.29, 0.717) is 16.6 Å². The van der Waals surface area contributed by atoms with Crippen molar-refractivity contribution >= 4 is 60.4 Å². The summed E-state index contributed by atoms with van der Waals surface area (Å²) >= 11 is 8.59. The minimum absolute atomic E-state index is 0.176. The first-order chi connectivity index (χ1) is 13.5. The lowest BCUT2D eigenvalue weighted by molar-refractivity contribution is -0.116. The minimum Gasteiger partial charge on any atom is -0.494 e. The predicted molar refractivity (Wildman–Crippen MR) is 117 cm³/mol. The summed E-state index contributed by atoms with van der Waals surface area (Å²) < 4.78 is 7.00. The van der Waals surface area contributed by atoms with Gasteiger partial charge in [0.25, 0.3) is 5.91 Å². The van der Waals surface area contributed by atoms with E-state index in [4.69, 9.17) is 14.8 Å². The van der Waals surface area contributed by atoms with E-state index in [-0.39, 0.29) is 5.91 Å². The third-order valence-corrected chi connectivity index (χ3v) is 6.24. The van der Waals surface area contributed by atoms with Crippen LogP contribution in [0, 0.1) is 0 Å². The van der Waals surface area contributed by atoms with Crippen LogP contribution in [-0.2, 0) is 4.79 Å². The minimum atomic E-state index is -0.470. The highest BCUT2D eigenvalue weighted by Crippen LogP contribution is 2.39. The molecule has 0 unspecified atom stereocenters. The second-order valence-electron chi connectivity index (χ2n) is 6.02. The molecule has 144 valence electrons. The number of nitrogens with zero attached hydrogens (tertiary/aromatic N) is 3. The molecule has 0 saturated carbocycles. The Bertz CT molecular complexity index is 1100. The van der Waals surface area contributed by atoms with Crippen molar-refractivity contribution in [2.24, 2.45) is 10.1 Å². The zero-order valence-electron chi connectivity index (χ0n) is 15.1. The Morgan fingerprint density at radius 1 is 1.25 bits per heavy atom. The maximum atomic E-state index is 12.9. The molecule has 6 nitrogen and oxygen atoms in total. The number of rotatable bonds is 3. The van der Waals surface area contributed by atoms with Gasteiger partial charge in [0.15, 0.2) is 11.3 Å². The Kier molecular flexibility index (Phi) is 5.48. The number of hydrazone groups is 1. The normalized spacial score (nSPS) is 17.9. The molecule has 0 spiro atoms. The highest BCUT2D eigenvalue weighted by atomic mass is 79.9. The van der Waals surface area contributed by atoms with E-state index >= 15 is 0 Å². The summed E-state index contributed by atoms with van der Waals surface area (Å²) in [6.45, 7) is 2.02. The van der Waals surface area contributed by atoms with E-state index in [1.165, 1.54) is 11.8 Å². The number of thioether (sulfide) groups is 1. The Morgan fingerprint density at radius 2 is 1.96 bits per heavy atom. The molecule has 2 aromatic rings. The molecule has 1 N–H and O–H groups in total. The van der Waals surface area contributed by atoms with Gasteiger partial charge in [-0.1, -0.05) is 36.9 Å². The van der Waals surface area contributed by atoms with E-state index in [9.17, 15) is 4.79 Å². The van der Waals surface area contributed by atoms with Gasteiger partial charge in [-0.25, -0.2) is 5.01 Å². The quantitative estimate of drug-likeness (QED) is 0.671. The Hall–Kier alpha value is -1.84. The molecule has 0 radical (unpaired) electrons. The van der Waals surface area contributed by atoms with Crippen LogP contribution in [0.5, 0.6) is 5.75 Å². The zero-order chi connectivity index (χ0) is 19.8. The fourth-order valence-corrected chi connectivity index (χ4v) is 5.30. The van der Waals surface area contributed by atoms with Crippen LogP contribution in [0.4, 0.5) is 0 Å². The maximum absolute atomic E-state index is 12.9. The van der Waals surface area contributed by atoms with E-state index < -0.39 is 6.17 Å². The van der Waals surface area contributed by atoms with Crippen LogP contribution in [-0.4, -0.2) is 28.9 Å². The first-order valence-electron chi connectivity index (χ1n) is 8.55. The van der Waals surface area contributed by atoms with Crippen LogP contribution < -0.4 is 20.6 Å². The van der Waals surface area contributed by atoms with Gasteiger partial charge < -0.3 is 4.74 Å². The number of carbonyl (C=O) groups is 1. The van der Waals surface area contributed by atoms with Crippen molar-refractivity contribution in [2.75, 3.05) is 12.9 Å². The first kappa shape index (κ1) is 19.5. The number of nitrogens with one attached hydrogen (secondary N) is 1. The molecule has 0 fully saturated rings. The van der Waals surface area contributed by atoms with Crippen molar-refractivity contribution in [3.63, 3.8) is 0 Å². The Balaban J connectivity index is 1.94. The molecule has 0 aromatic heterocycles. The van der Waals surface area contributed by atoms with E-state index in [2.05, 4.69) is 37.2 Å². The van der Waals surface area contributed by atoms with Crippen molar-refractivity contribution in [3.8, 4) is 5.75 Å². The second kappa shape index (κ2) is 7.88. The Labute approximate surface area is 183 Å². The average molecular weight is 524 g/mol. The van der Waals surface area contributed by atoms with Gasteiger partial charge in [-0.05, 0) is 55.8 Å². The number of ether oxygens (including phenoxy) is 1. The molecule has 2 aliphatic rings. The monoisotopic (exact) mass is 522 g/mol. The summed E-state index contributed by atoms with van der Waals surface area (Å²) in [4.78, 5) is 17.8. The summed E-state index contributed by atoms with van der Waals surface area (Å²) in [7, 11) is 1.62. The molecule has 2 heterocycles. The van der Waals surface area contributed by atoms with Gasteiger partial charge in [0, 0.05) is 10.8 Å². The molecule has 0 saturated heterocycles. The van der Waals surface area contributed by atoms with Crippen molar-refractivity contribution in [3.05, 3.63) is 61.5 Å². The van der Waals surface area contributed by atoms with Gasteiger partial charge >= 0.3 is 0 Å². The number of benzene rings is 2. The summed E-state index contributed by atoms with van der Waals surface area (Å²) in [5.74, 6) is 1.33. The van der Waals surface area contributed by atoms with E-state index in [0.717, 1.165) is 30.8 Å². The number of para-hydroxylation sites is 1. The number of hydrogen-bond acceptors (Lipinski definition) is 6. The largest absolute Gasteiger partial charge is 0.494 e. The fraction of sp³-hybridized carbons (Fsp3) is 0.211. The molecule has 2 aliphatic heterocycles. The fourth-order valence-electron chi connectivity index (χ4n) is 3.17. The molecule has 9 heteroatoms. The molecule has 1 atom stereocenters. The summed E-state index contributed by atoms with van der Waals surface area (Å²) in [5, 5.41) is 11.4. The zero-order valence-corrected chi connectivity index (χ0v) is 19.1. The van der Waals surface area contributed by atoms with Crippen molar-refractivity contribution in [1.29, 1.82) is 0 Å². The van der Waals surface area contributed by atoms with E-state index in [1.807, 2.05) is 43.3 Å². The third-order valence-electron chi connectivity index (χ3n) is 4.32. The van der Waals surface area contributed by atoms with Crippen molar-refractivity contribution in [2.45, 2.75) is 13.1 Å². The molecule has 28 heavy (non-hydrogen) atoms. The lowest BCUT2D eigenvalue weighted by atomic mass is 10.1. The highest BCUT2D eigenvalue weighted by Gasteiger charge is 2.34. The molecular weight excluding hydrogens is 508 g/mol. The molecule has 0 bridgehead atoms. The average Bonchev–Trinajstić information content (AvgIpc) is 2.67. The summed E-state index contributed by atoms with van der Waals surface area (Å²) in [6, 6.07) is 11.5. The maximum Gasteiger partial charge on any atom is 0.276 e. The molecule has 1 amide bonds. The molecule has 2 aromatic carbocycles. The molecule has 4 rings (SSSR count). The first-order valence-corrected chi connectivity index (χ1v) is 11.1. The van der Waals surface area contributed by atoms with E-state index in [1.54, 1.807) is 12.1 Å². The second-order valence-corrected chi connectivity index (χ2v) is 8.98. The molecular formula is C19H16Br2N4O2S. The number of halogens is 2. The van der Waals surface area contributed by atoms with Gasteiger partial charge in [0.05, 0.1) is 21.4 Å². The van der Waals surface area contributed by atoms with Gasteiger partial charge in [-0.2, -0.15) is 0 Å². The smallest absolute Gasteiger partial charge is 0.276 e. The third kappa shape index (κ3) is 3.35. The van der Waals surface area contributed by atoms with Gasteiger partial charge in [-0.3, -0.25) is 15.1 Å². The predicted octanol–water partition coefficient (Wildman–Crippen LogP) is 3.12. The van der Waals surface area contributed by atoms with Crippen LogP contribution >= 0.6 is 43.6 Å². The molecule has 0 aliphatic carbocycles. The number of methoxy groups -OCH3 is 1. The van der Waals surface area contributed by atoms with Crippen molar-refractivity contribution in [1.82, 2.24) is 10.3 Å². The number of amidine groups is 1. The summed E-state index contributed by atoms with van der Waals surface area (Å²) in [5.41, 5.74) is 1.38. The number of hydrogen-bond donors (Lipinski definition) is 1. The van der Waals surface area contributed by atoms with Crippen molar-refractivity contribution < 1.29 is 9.53 Å². The number of fused-ring (bicyclic) bond motifs is 2. The van der Waals surface area contributed by atoms with Crippen LogP contribution in [0.2, 0.25) is 0 Å². The standard InChI is InChI=1S/C19H16Br2N4O2S/c1-3-28-19-23-18(26)15-11-6-4-5-7-14(11)22-17(25(15)24-19)10-8-12(20)16(27-2)13(21)9-10/h4-9,17H,3H2,1-2H3,(H,23,24,26)/t17-/m1/s1.